The van der Waals surface area contributed by atoms with E-state index in [4.69, 9.17) is 5.73 Å². The third-order valence-electron chi connectivity index (χ3n) is 3.91. The van der Waals surface area contributed by atoms with Gasteiger partial charge in [-0.2, -0.15) is 0 Å². The highest BCUT2D eigenvalue weighted by atomic mass is 15.2. The summed E-state index contributed by atoms with van der Waals surface area (Å²) in [5, 5.41) is 0. The Morgan fingerprint density at radius 3 is 2.57 bits per heavy atom. The molecule has 0 radical (unpaired) electrons. The Hall–Kier alpha value is -1.87. The number of nitrogens with zero attached hydrogens (tertiary/aromatic N) is 2. The zero-order chi connectivity index (χ0) is 15.2. The van der Waals surface area contributed by atoms with Crippen LogP contribution in [0, 0.1) is 6.92 Å². The first-order valence-corrected chi connectivity index (χ1v) is 7.66. The lowest BCUT2D eigenvalue weighted by Crippen LogP contribution is -2.41. The molecule has 112 valence electrons. The lowest BCUT2D eigenvalue weighted by Gasteiger charge is -2.36. The third-order valence-corrected chi connectivity index (χ3v) is 3.91. The van der Waals surface area contributed by atoms with Crippen molar-refractivity contribution in [2.75, 3.05) is 11.4 Å². The van der Waals surface area contributed by atoms with Gasteiger partial charge in [0.2, 0.25) is 0 Å². The number of hydrogen-bond donors (Lipinski definition) is 1. The molecular weight excluding hydrogens is 258 g/mol. The van der Waals surface area contributed by atoms with Crippen LogP contribution >= 0.6 is 0 Å². The summed E-state index contributed by atoms with van der Waals surface area (Å²) in [6.45, 7) is 7.35. The maximum Gasteiger partial charge on any atom is 0.0708 e. The molecule has 0 amide bonds. The van der Waals surface area contributed by atoms with Crippen molar-refractivity contribution in [3.8, 4) is 0 Å². The van der Waals surface area contributed by atoms with Crippen LogP contribution in [0.1, 0.15) is 37.4 Å². The number of benzene rings is 1. The summed E-state index contributed by atoms with van der Waals surface area (Å²) >= 11 is 0. The predicted octanol–water partition coefficient (Wildman–Crippen LogP) is 3.69. The highest BCUT2D eigenvalue weighted by Gasteiger charge is 2.25. The molecule has 0 aliphatic carbocycles. The smallest absolute Gasteiger partial charge is 0.0708 e. The summed E-state index contributed by atoms with van der Waals surface area (Å²) in [4.78, 5) is 6.64. The molecule has 2 atom stereocenters. The molecule has 0 aliphatic rings. The maximum absolute atomic E-state index is 6.43. The fourth-order valence-electron chi connectivity index (χ4n) is 2.78. The van der Waals surface area contributed by atoms with E-state index in [1.165, 1.54) is 16.8 Å². The summed E-state index contributed by atoms with van der Waals surface area (Å²) < 4.78 is 0. The average Bonchev–Trinajstić information content (AvgIpc) is 2.52. The van der Waals surface area contributed by atoms with Crippen molar-refractivity contribution in [2.45, 2.75) is 39.3 Å². The predicted molar refractivity (Wildman–Crippen MR) is 89.4 cm³/mol. The van der Waals surface area contributed by atoms with E-state index < -0.39 is 0 Å². The lowest BCUT2D eigenvalue weighted by atomic mass is 9.96. The van der Waals surface area contributed by atoms with Crippen molar-refractivity contribution < 1.29 is 0 Å². The van der Waals surface area contributed by atoms with E-state index in [1.807, 2.05) is 12.3 Å². The Kier molecular flexibility index (Phi) is 5.34. The van der Waals surface area contributed by atoms with Crippen LogP contribution in [0.2, 0.25) is 0 Å². The molecule has 0 aliphatic heterocycles. The number of aromatic nitrogens is 1. The van der Waals surface area contributed by atoms with E-state index in [0.717, 1.165) is 13.0 Å². The van der Waals surface area contributed by atoms with Crippen molar-refractivity contribution in [3.05, 3.63) is 59.9 Å². The van der Waals surface area contributed by atoms with Gasteiger partial charge in [0, 0.05) is 30.7 Å². The van der Waals surface area contributed by atoms with Crippen molar-refractivity contribution >= 4 is 5.69 Å². The Balaban J connectivity index is 2.43. The number of likely N-dealkylation sites (N-methyl/N-ethyl adjacent to an activating group) is 1. The standard InChI is InChI=1S/C18H25N3/c1-4-17(19)18(15-9-7-11-20-13-15)21(5-2)16-10-6-8-14(3)12-16/h6-13,17-18H,4-5,19H2,1-3H3. The highest BCUT2D eigenvalue weighted by Crippen LogP contribution is 2.30. The van der Waals surface area contributed by atoms with Crippen LogP contribution in [-0.2, 0) is 0 Å². The molecule has 2 aromatic rings. The van der Waals surface area contributed by atoms with Gasteiger partial charge >= 0.3 is 0 Å². The van der Waals surface area contributed by atoms with Crippen LogP contribution in [-0.4, -0.2) is 17.6 Å². The van der Waals surface area contributed by atoms with E-state index in [0.29, 0.717) is 0 Å². The molecule has 0 fully saturated rings. The van der Waals surface area contributed by atoms with Crippen molar-refractivity contribution in [1.29, 1.82) is 0 Å². The van der Waals surface area contributed by atoms with Crippen molar-refractivity contribution in [1.82, 2.24) is 4.98 Å². The number of aryl methyl sites for hydroxylation is 1. The van der Waals surface area contributed by atoms with Gasteiger partial charge in [-0.25, -0.2) is 0 Å². The minimum atomic E-state index is 0.0784. The maximum atomic E-state index is 6.43. The molecule has 1 heterocycles. The molecule has 2 rings (SSSR count). The molecule has 1 aromatic heterocycles. The summed E-state index contributed by atoms with van der Waals surface area (Å²) in [6, 6.07) is 12.9. The van der Waals surface area contributed by atoms with E-state index in [2.05, 4.69) is 61.0 Å². The number of hydrogen-bond acceptors (Lipinski definition) is 3. The summed E-state index contributed by atoms with van der Waals surface area (Å²) in [5.41, 5.74) is 10.1. The van der Waals surface area contributed by atoms with Gasteiger partial charge in [-0.15, -0.1) is 0 Å². The summed E-state index contributed by atoms with van der Waals surface area (Å²) in [5.74, 6) is 0. The molecule has 2 N–H and O–H groups in total. The van der Waals surface area contributed by atoms with Gasteiger partial charge in [0.05, 0.1) is 6.04 Å². The molecule has 3 nitrogen and oxygen atoms in total. The van der Waals surface area contributed by atoms with E-state index in [-0.39, 0.29) is 12.1 Å². The van der Waals surface area contributed by atoms with Gasteiger partial charge < -0.3 is 10.6 Å². The number of pyridine rings is 1. The first-order chi connectivity index (χ1) is 10.2. The molecule has 0 spiro atoms. The number of nitrogens with two attached hydrogens (primary N) is 1. The normalized spacial score (nSPS) is 13.7. The second-order valence-corrected chi connectivity index (χ2v) is 5.43. The molecule has 0 saturated heterocycles. The quantitative estimate of drug-likeness (QED) is 0.879. The Bertz CT molecular complexity index is 553. The van der Waals surface area contributed by atoms with Gasteiger partial charge in [0.15, 0.2) is 0 Å². The molecule has 0 bridgehead atoms. The largest absolute Gasteiger partial charge is 0.363 e. The fraction of sp³-hybridized carbons (Fsp3) is 0.389. The van der Waals surface area contributed by atoms with E-state index in [9.17, 15) is 0 Å². The lowest BCUT2D eigenvalue weighted by molar-refractivity contribution is 0.493. The van der Waals surface area contributed by atoms with Gasteiger partial charge in [0.1, 0.15) is 0 Å². The van der Waals surface area contributed by atoms with E-state index >= 15 is 0 Å². The Morgan fingerprint density at radius 1 is 1.19 bits per heavy atom. The van der Waals surface area contributed by atoms with Crippen LogP contribution in [0.15, 0.2) is 48.8 Å². The SMILES string of the molecule is CCC(N)C(c1cccnc1)N(CC)c1cccc(C)c1. The average molecular weight is 283 g/mol. The summed E-state index contributed by atoms with van der Waals surface area (Å²) in [6.07, 6.45) is 4.67. The number of rotatable bonds is 6. The topological polar surface area (TPSA) is 42.1 Å². The molecule has 0 saturated carbocycles. The second kappa shape index (κ2) is 7.23. The van der Waals surface area contributed by atoms with Crippen LogP contribution in [0.25, 0.3) is 0 Å². The van der Waals surface area contributed by atoms with Crippen LogP contribution in [0.5, 0.6) is 0 Å². The second-order valence-electron chi connectivity index (χ2n) is 5.43. The van der Waals surface area contributed by atoms with Gasteiger partial charge in [-0.3, -0.25) is 4.98 Å². The zero-order valence-corrected chi connectivity index (χ0v) is 13.2. The third kappa shape index (κ3) is 3.61. The van der Waals surface area contributed by atoms with Crippen LogP contribution in [0.4, 0.5) is 5.69 Å². The minimum Gasteiger partial charge on any atom is -0.363 e. The first kappa shape index (κ1) is 15.5. The zero-order valence-electron chi connectivity index (χ0n) is 13.2. The first-order valence-electron chi connectivity index (χ1n) is 7.66. The monoisotopic (exact) mass is 283 g/mol. The van der Waals surface area contributed by atoms with Gasteiger partial charge in [0.25, 0.3) is 0 Å². The minimum absolute atomic E-state index is 0.0784. The fourth-order valence-corrected chi connectivity index (χ4v) is 2.78. The molecule has 21 heavy (non-hydrogen) atoms. The Morgan fingerprint density at radius 2 is 2.00 bits per heavy atom. The molecular formula is C18H25N3. The van der Waals surface area contributed by atoms with Gasteiger partial charge in [-0.05, 0) is 49.6 Å². The van der Waals surface area contributed by atoms with E-state index in [1.54, 1.807) is 6.20 Å². The highest BCUT2D eigenvalue weighted by molar-refractivity contribution is 5.51. The molecule has 2 unspecified atom stereocenters. The van der Waals surface area contributed by atoms with Gasteiger partial charge in [-0.1, -0.05) is 25.1 Å². The van der Waals surface area contributed by atoms with Crippen molar-refractivity contribution in [2.24, 2.45) is 5.73 Å². The van der Waals surface area contributed by atoms with Crippen molar-refractivity contribution in [3.63, 3.8) is 0 Å². The van der Waals surface area contributed by atoms with Crippen LogP contribution < -0.4 is 10.6 Å². The number of anilines is 1. The Labute approximate surface area is 127 Å². The molecule has 1 aromatic carbocycles. The summed E-state index contributed by atoms with van der Waals surface area (Å²) in [7, 11) is 0. The van der Waals surface area contributed by atoms with Crippen LogP contribution in [0.3, 0.4) is 0 Å². The molecule has 3 heteroatoms.